The molecule has 4 rings (SSSR count). The molecule has 2 aromatic carbocycles. The predicted molar refractivity (Wildman–Crippen MR) is 105 cm³/mol. The van der Waals surface area contributed by atoms with E-state index in [4.69, 9.17) is 0 Å². The summed E-state index contributed by atoms with van der Waals surface area (Å²) >= 11 is 5.17. The average molecular weight is 429 g/mol. The standard InChI is InChI=1S/C19H17BrN4OS/c20-16-9-5-4-8-15(16)11-23-12-17(21-22-23)19-24(18(25)13-26-19)10-14-6-2-1-3-7-14/h1-9,12,19H,10-11,13H2. The molecule has 2 heterocycles. The van der Waals surface area contributed by atoms with Crippen molar-refractivity contribution < 1.29 is 4.79 Å². The number of hydrogen-bond acceptors (Lipinski definition) is 4. The number of thioether (sulfide) groups is 1. The first-order chi connectivity index (χ1) is 12.7. The summed E-state index contributed by atoms with van der Waals surface area (Å²) in [6.45, 7) is 1.23. The molecule has 1 amide bonds. The average Bonchev–Trinajstić information content (AvgIpc) is 3.25. The second kappa shape index (κ2) is 7.63. The van der Waals surface area contributed by atoms with Gasteiger partial charge in [-0.15, -0.1) is 16.9 Å². The number of hydrogen-bond donors (Lipinski definition) is 0. The van der Waals surface area contributed by atoms with Gasteiger partial charge in [-0.1, -0.05) is 69.7 Å². The Labute approximate surface area is 164 Å². The summed E-state index contributed by atoms with van der Waals surface area (Å²) in [6.07, 6.45) is 1.94. The fraction of sp³-hybridized carbons (Fsp3) is 0.211. The van der Waals surface area contributed by atoms with Gasteiger partial charge in [-0.05, 0) is 17.2 Å². The molecule has 1 unspecified atom stereocenters. The fourth-order valence-corrected chi connectivity index (χ4v) is 4.48. The normalized spacial score (nSPS) is 17.0. The third-order valence-electron chi connectivity index (χ3n) is 4.26. The molecule has 5 nitrogen and oxygen atoms in total. The van der Waals surface area contributed by atoms with Crippen LogP contribution >= 0.6 is 27.7 Å². The first-order valence-electron chi connectivity index (χ1n) is 8.29. The van der Waals surface area contributed by atoms with Gasteiger partial charge >= 0.3 is 0 Å². The Morgan fingerprint density at radius 1 is 1.08 bits per heavy atom. The van der Waals surface area contributed by atoms with Gasteiger partial charge in [0.1, 0.15) is 11.1 Å². The highest BCUT2D eigenvalue weighted by molar-refractivity contribution is 9.10. The second-order valence-electron chi connectivity index (χ2n) is 6.10. The Kier molecular flexibility index (Phi) is 5.08. The smallest absolute Gasteiger partial charge is 0.234 e. The number of halogens is 1. The van der Waals surface area contributed by atoms with Gasteiger partial charge in [0.05, 0.1) is 18.5 Å². The highest BCUT2D eigenvalue weighted by atomic mass is 79.9. The minimum atomic E-state index is -0.0873. The van der Waals surface area contributed by atoms with Gasteiger partial charge < -0.3 is 4.90 Å². The number of benzene rings is 2. The number of carbonyl (C=O) groups is 1. The molecule has 132 valence electrons. The first-order valence-corrected chi connectivity index (χ1v) is 10.1. The van der Waals surface area contributed by atoms with E-state index >= 15 is 0 Å². The molecule has 1 fully saturated rings. The molecule has 3 aromatic rings. The molecule has 1 atom stereocenters. The molecular weight excluding hydrogens is 412 g/mol. The minimum Gasteiger partial charge on any atom is -0.320 e. The maximum absolute atomic E-state index is 12.3. The van der Waals surface area contributed by atoms with E-state index in [0.29, 0.717) is 18.8 Å². The number of amides is 1. The van der Waals surface area contributed by atoms with Gasteiger partial charge in [0.15, 0.2) is 0 Å². The van der Waals surface area contributed by atoms with Crippen LogP contribution in [0.25, 0.3) is 0 Å². The summed E-state index contributed by atoms with van der Waals surface area (Å²) in [6, 6.07) is 18.1. The highest BCUT2D eigenvalue weighted by Gasteiger charge is 2.34. The van der Waals surface area contributed by atoms with Crippen LogP contribution in [0.4, 0.5) is 0 Å². The molecule has 0 spiro atoms. The molecule has 1 aromatic heterocycles. The van der Waals surface area contributed by atoms with Crippen LogP contribution in [0.3, 0.4) is 0 Å². The lowest BCUT2D eigenvalue weighted by atomic mass is 10.2. The lowest BCUT2D eigenvalue weighted by Gasteiger charge is -2.22. The fourth-order valence-electron chi connectivity index (χ4n) is 2.96. The van der Waals surface area contributed by atoms with E-state index in [1.165, 1.54) is 0 Å². The molecule has 1 saturated heterocycles. The van der Waals surface area contributed by atoms with Crippen molar-refractivity contribution in [1.29, 1.82) is 0 Å². The van der Waals surface area contributed by atoms with Crippen molar-refractivity contribution in [3.8, 4) is 0 Å². The van der Waals surface area contributed by atoms with Gasteiger partial charge in [-0.25, -0.2) is 4.68 Å². The lowest BCUT2D eigenvalue weighted by molar-refractivity contribution is -0.128. The Bertz CT molecular complexity index is 915. The molecule has 1 aliphatic heterocycles. The van der Waals surface area contributed by atoms with Crippen LogP contribution in [0.2, 0.25) is 0 Å². The Hall–Kier alpha value is -2.12. The summed E-state index contributed by atoms with van der Waals surface area (Å²) in [4.78, 5) is 14.2. The summed E-state index contributed by atoms with van der Waals surface area (Å²) in [5, 5.41) is 8.50. The van der Waals surface area contributed by atoms with Crippen molar-refractivity contribution in [3.05, 3.63) is 82.1 Å². The highest BCUT2D eigenvalue weighted by Crippen LogP contribution is 2.38. The van der Waals surface area contributed by atoms with E-state index < -0.39 is 0 Å². The zero-order valence-corrected chi connectivity index (χ0v) is 16.4. The van der Waals surface area contributed by atoms with Crippen LogP contribution in [0, 0.1) is 0 Å². The van der Waals surface area contributed by atoms with E-state index in [1.54, 1.807) is 11.8 Å². The number of nitrogens with zero attached hydrogens (tertiary/aromatic N) is 4. The van der Waals surface area contributed by atoms with Crippen LogP contribution in [0.1, 0.15) is 22.2 Å². The van der Waals surface area contributed by atoms with Crippen molar-refractivity contribution in [1.82, 2.24) is 19.9 Å². The SMILES string of the molecule is O=C1CSC(c2cn(Cc3ccccc3Br)nn2)N1Cc1ccccc1. The van der Waals surface area contributed by atoms with Gasteiger partial charge in [-0.2, -0.15) is 0 Å². The molecule has 0 saturated carbocycles. The van der Waals surface area contributed by atoms with Gasteiger partial charge in [0.25, 0.3) is 0 Å². The largest absolute Gasteiger partial charge is 0.320 e. The molecule has 1 aliphatic rings. The minimum absolute atomic E-state index is 0.0873. The molecular formula is C19H17BrN4OS. The Morgan fingerprint density at radius 2 is 1.85 bits per heavy atom. The summed E-state index contributed by atoms with van der Waals surface area (Å²) in [5.41, 5.74) is 3.08. The molecule has 0 radical (unpaired) electrons. The third kappa shape index (κ3) is 3.68. The van der Waals surface area contributed by atoms with Gasteiger partial charge in [0, 0.05) is 11.0 Å². The molecule has 0 N–H and O–H groups in total. The van der Waals surface area contributed by atoms with Crippen LogP contribution in [-0.4, -0.2) is 31.6 Å². The Balaban J connectivity index is 1.52. The zero-order valence-electron chi connectivity index (χ0n) is 14.0. The van der Waals surface area contributed by atoms with Gasteiger partial charge in [0.2, 0.25) is 5.91 Å². The number of aromatic nitrogens is 3. The van der Waals surface area contributed by atoms with Crippen molar-refractivity contribution in [2.45, 2.75) is 18.5 Å². The monoisotopic (exact) mass is 428 g/mol. The molecule has 26 heavy (non-hydrogen) atoms. The molecule has 7 heteroatoms. The zero-order chi connectivity index (χ0) is 17.9. The summed E-state index contributed by atoms with van der Waals surface area (Å²) in [5.74, 6) is 0.624. The molecule has 0 bridgehead atoms. The maximum atomic E-state index is 12.3. The van der Waals surface area contributed by atoms with Crippen molar-refractivity contribution in [3.63, 3.8) is 0 Å². The van der Waals surface area contributed by atoms with Gasteiger partial charge in [-0.3, -0.25) is 4.79 Å². The van der Waals surface area contributed by atoms with Crippen LogP contribution in [-0.2, 0) is 17.9 Å². The Morgan fingerprint density at radius 3 is 2.65 bits per heavy atom. The topological polar surface area (TPSA) is 51.0 Å². The number of rotatable bonds is 5. The van der Waals surface area contributed by atoms with E-state index in [1.807, 2.05) is 64.3 Å². The van der Waals surface area contributed by atoms with Crippen LogP contribution in [0.15, 0.2) is 65.3 Å². The lowest BCUT2D eigenvalue weighted by Crippen LogP contribution is -2.27. The van der Waals surface area contributed by atoms with E-state index in [0.717, 1.165) is 21.3 Å². The van der Waals surface area contributed by atoms with Crippen molar-refractivity contribution in [2.24, 2.45) is 0 Å². The van der Waals surface area contributed by atoms with Crippen molar-refractivity contribution in [2.75, 3.05) is 5.75 Å². The third-order valence-corrected chi connectivity index (χ3v) is 6.26. The maximum Gasteiger partial charge on any atom is 0.234 e. The molecule has 0 aliphatic carbocycles. The van der Waals surface area contributed by atoms with E-state index in [2.05, 4.69) is 32.3 Å². The summed E-state index contributed by atoms with van der Waals surface area (Å²) < 4.78 is 2.87. The van der Waals surface area contributed by atoms with E-state index in [-0.39, 0.29) is 11.3 Å². The number of carbonyl (C=O) groups excluding carboxylic acids is 1. The first kappa shape index (κ1) is 17.3. The second-order valence-corrected chi connectivity index (χ2v) is 8.03. The van der Waals surface area contributed by atoms with Crippen molar-refractivity contribution >= 4 is 33.6 Å². The summed E-state index contributed by atoms with van der Waals surface area (Å²) in [7, 11) is 0. The van der Waals surface area contributed by atoms with E-state index in [9.17, 15) is 4.79 Å². The van der Waals surface area contributed by atoms with Crippen LogP contribution < -0.4 is 0 Å². The predicted octanol–water partition coefficient (Wildman–Crippen LogP) is 3.86. The quantitative estimate of drug-likeness (QED) is 0.618. The van der Waals surface area contributed by atoms with Crippen LogP contribution in [0.5, 0.6) is 0 Å².